The first-order valence-electron chi connectivity index (χ1n) is 6.43. The molecule has 0 N–H and O–H groups in total. The highest BCUT2D eigenvalue weighted by atomic mass is 32.1. The van der Waals surface area contributed by atoms with Crippen LogP contribution in [-0.4, -0.2) is 26.0 Å². The zero-order valence-electron chi connectivity index (χ0n) is 12.0. The van der Waals surface area contributed by atoms with E-state index in [1.165, 1.54) is 18.4 Å². The Labute approximate surface area is 127 Å². The van der Waals surface area contributed by atoms with Gasteiger partial charge in [-0.3, -0.25) is 9.59 Å². The lowest BCUT2D eigenvalue weighted by Gasteiger charge is -2.04. The third-order valence-corrected chi connectivity index (χ3v) is 4.29. The summed E-state index contributed by atoms with van der Waals surface area (Å²) in [5.74, 6) is 0.300. The SMILES string of the molecule is C=Cc1cc2cc(C(=O)CCC(=O)OC)sc2cc1OC. The number of ether oxygens (including phenoxy) is 2. The predicted octanol–water partition coefficient (Wildman–Crippen LogP) is 3.69. The molecule has 0 fully saturated rings. The average molecular weight is 304 g/mol. The van der Waals surface area contributed by atoms with Crippen molar-refractivity contribution in [2.24, 2.45) is 0 Å². The summed E-state index contributed by atoms with van der Waals surface area (Å²) in [5.41, 5.74) is 0.886. The first-order chi connectivity index (χ1) is 10.1. The summed E-state index contributed by atoms with van der Waals surface area (Å²) < 4.78 is 10.8. The number of hydrogen-bond acceptors (Lipinski definition) is 5. The van der Waals surface area contributed by atoms with Gasteiger partial charge in [0, 0.05) is 16.7 Å². The molecule has 1 aromatic carbocycles. The van der Waals surface area contributed by atoms with Crippen molar-refractivity contribution < 1.29 is 19.1 Å². The summed E-state index contributed by atoms with van der Waals surface area (Å²) in [6.07, 6.45) is 1.98. The average Bonchev–Trinajstić information content (AvgIpc) is 2.93. The lowest BCUT2D eigenvalue weighted by Crippen LogP contribution is -2.04. The zero-order chi connectivity index (χ0) is 15.4. The maximum Gasteiger partial charge on any atom is 0.305 e. The van der Waals surface area contributed by atoms with Crippen molar-refractivity contribution in [1.29, 1.82) is 0 Å². The van der Waals surface area contributed by atoms with E-state index in [2.05, 4.69) is 11.3 Å². The van der Waals surface area contributed by atoms with Gasteiger partial charge in [-0.25, -0.2) is 0 Å². The Morgan fingerprint density at radius 2 is 2.00 bits per heavy atom. The second kappa shape index (κ2) is 6.54. The summed E-state index contributed by atoms with van der Waals surface area (Å²) in [6, 6.07) is 5.68. The fourth-order valence-electron chi connectivity index (χ4n) is 2.00. The van der Waals surface area contributed by atoms with Crippen LogP contribution in [-0.2, 0) is 9.53 Å². The molecule has 1 aromatic heterocycles. The first kappa shape index (κ1) is 15.3. The Bertz CT molecular complexity index is 700. The standard InChI is InChI=1S/C16H16O4S/c1-4-10-7-11-8-15(12(17)5-6-16(18)20-3)21-14(11)9-13(10)19-2/h4,7-9H,1,5-6H2,2-3H3. The summed E-state index contributed by atoms with van der Waals surface area (Å²) >= 11 is 1.40. The normalized spacial score (nSPS) is 10.4. The molecule has 5 heteroatoms. The van der Waals surface area contributed by atoms with Crippen molar-refractivity contribution in [3.63, 3.8) is 0 Å². The highest BCUT2D eigenvalue weighted by molar-refractivity contribution is 7.20. The van der Waals surface area contributed by atoms with Crippen LogP contribution in [0.15, 0.2) is 24.8 Å². The number of rotatable bonds is 6. The molecule has 0 aliphatic heterocycles. The Hall–Kier alpha value is -2.14. The first-order valence-corrected chi connectivity index (χ1v) is 7.24. The zero-order valence-corrected chi connectivity index (χ0v) is 12.8. The van der Waals surface area contributed by atoms with Crippen molar-refractivity contribution in [1.82, 2.24) is 0 Å². The van der Waals surface area contributed by atoms with Crippen LogP contribution in [0.25, 0.3) is 16.2 Å². The Kier molecular flexibility index (Phi) is 4.75. The van der Waals surface area contributed by atoms with E-state index in [0.29, 0.717) is 4.88 Å². The van der Waals surface area contributed by atoms with Gasteiger partial charge in [0.05, 0.1) is 25.5 Å². The molecule has 0 aliphatic rings. The molecule has 4 nitrogen and oxygen atoms in total. The van der Waals surface area contributed by atoms with Crippen molar-refractivity contribution >= 4 is 39.3 Å². The van der Waals surface area contributed by atoms with Crippen LogP contribution >= 0.6 is 11.3 Å². The molecule has 1 heterocycles. The summed E-state index contributed by atoms with van der Waals surface area (Å²) in [5, 5.41) is 0.970. The van der Waals surface area contributed by atoms with Gasteiger partial charge in [0.25, 0.3) is 0 Å². The number of carbonyl (C=O) groups excluding carboxylic acids is 2. The van der Waals surface area contributed by atoms with E-state index >= 15 is 0 Å². The molecule has 2 rings (SSSR count). The molecule has 21 heavy (non-hydrogen) atoms. The van der Waals surface area contributed by atoms with Gasteiger partial charge >= 0.3 is 5.97 Å². The fourth-order valence-corrected chi connectivity index (χ4v) is 3.04. The number of fused-ring (bicyclic) bond motifs is 1. The van der Waals surface area contributed by atoms with Crippen molar-refractivity contribution in [3.8, 4) is 5.75 Å². The molecular weight excluding hydrogens is 288 g/mol. The lowest BCUT2D eigenvalue weighted by atomic mass is 10.1. The van der Waals surface area contributed by atoms with E-state index in [1.807, 2.05) is 18.2 Å². The van der Waals surface area contributed by atoms with Gasteiger partial charge in [-0.2, -0.15) is 0 Å². The van der Waals surface area contributed by atoms with Crippen LogP contribution < -0.4 is 4.74 Å². The molecule has 0 saturated heterocycles. The molecule has 0 bridgehead atoms. The Balaban J connectivity index is 2.28. The number of ketones is 1. The van der Waals surface area contributed by atoms with E-state index in [1.54, 1.807) is 13.2 Å². The van der Waals surface area contributed by atoms with Crippen LogP contribution in [0.1, 0.15) is 28.1 Å². The topological polar surface area (TPSA) is 52.6 Å². The molecule has 2 aromatic rings. The van der Waals surface area contributed by atoms with Crippen molar-refractivity contribution in [3.05, 3.63) is 35.2 Å². The highest BCUT2D eigenvalue weighted by Gasteiger charge is 2.14. The van der Waals surface area contributed by atoms with Crippen LogP contribution in [0.3, 0.4) is 0 Å². The minimum absolute atomic E-state index is 0.0549. The fraction of sp³-hybridized carbons (Fsp3) is 0.250. The molecule has 0 atom stereocenters. The number of benzene rings is 1. The number of methoxy groups -OCH3 is 2. The second-order valence-electron chi connectivity index (χ2n) is 4.45. The van der Waals surface area contributed by atoms with Crippen LogP contribution in [0.4, 0.5) is 0 Å². The molecular formula is C16H16O4S. The highest BCUT2D eigenvalue weighted by Crippen LogP contribution is 2.33. The van der Waals surface area contributed by atoms with E-state index in [0.717, 1.165) is 21.4 Å². The van der Waals surface area contributed by atoms with Crippen LogP contribution in [0, 0.1) is 0 Å². The van der Waals surface area contributed by atoms with Crippen molar-refractivity contribution in [2.45, 2.75) is 12.8 Å². The maximum absolute atomic E-state index is 12.1. The van der Waals surface area contributed by atoms with Gasteiger partial charge in [-0.1, -0.05) is 12.7 Å². The monoisotopic (exact) mass is 304 g/mol. The number of carbonyl (C=O) groups is 2. The minimum atomic E-state index is -0.375. The molecule has 0 spiro atoms. The van der Waals surface area contributed by atoms with E-state index in [-0.39, 0.29) is 24.6 Å². The molecule has 0 amide bonds. The van der Waals surface area contributed by atoms with E-state index in [4.69, 9.17) is 4.74 Å². The summed E-state index contributed by atoms with van der Waals surface area (Å²) in [7, 11) is 2.92. The van der Waals surface area contributed by atoms with Crippen LogP contribution in [0.5, 0.6) is 5.75 Å². The van der Waals surface area contributed by atoms with Gasteiger partial charge < -0.3 is 9.47 Å². The summed E-state index contributed by atoms with van der Waals surface area (Å²) in [6.45, 7) is 3.75. The van der Waals surface area contributed by atoms with Gasteiger partial charge in [-0.15, -0.1) is 11.3 Å². The third-order valence-electron chi connectivity index (χ3n) is 3.15. The van der Waals surface area contributed by atoms with E-state index in [9.17, 15) is 9.59 Å². The number of esters is 1. The van der Waals surface area contributed by atoms with Gasteiger partial charge in [0.2, 0.25) is 0 Å². The van der Waals surface area contributed by atoms with Gasteiger partial charge in [0.15, 0.2) is 5.78 Å². The molecule has 0 aliphatic carbocycles. The Morgan fingerprint density at radius 3 is 2.62 bits per heavy atom. The third kappa shape index (κ3) is 3.31. The largest absolute Gasteiger partial charge is 0.496 e. The van der Waals surface area contributed by atoms with Crippen molar-refractivity contribution in [2.75, 3.05) is 14.2 Å². The van der Waals surface area contributed by atoms with Gasteiger partial charge in [-0.05, 0) is 23.6 Å². The molecule has 0 saturated carbocycles. The molecule has 110 valence electrons. The maximum atomic E-state index is 12.1. The Morgan fingerprint density at radius 1 is 1.24 bits per heavy atom. The predicted molar refractivity (Wildman–Crippen MR) is 84.0 cm³/mol. The minimum Gasteiger partial charge on any atom is -0.496 e. The lowest BCUT2D eigenvalue weighted by molar-refractivity contribution is -0.140. The molecule has 0 radical (unpaired) electrons. The number of thiophene rings is 1. The quantitative estimate of drug-likeness (QED) is 0.603. The second-order valence-corrected chi connectivity index (χ2v) is 5.53. The number of hydrogen-bond donors (Lipinski definition) is 0. The number of Topliss-reactive ketones (excluding diaryl/α,β-unsaturated/α-hetero) is 1. The van der Waals surface area contributed by atoms with Gasteiger partial charge in [0.1, 0.15) is 5.75 Å². The smallest absolute Gasteiger partial charge is 0.305 e. The van der Waals surface area contributed by atoms with Crippen LogP contribution in [0.2, 0.25) is 0 Å². The van der Waals surface area contributed by atoms with E-state index < -0.39 is 0 Å². The summed E-state index contributed by atoms with van der Waals surface area (Å²) in [4.78, 5) is 23.8. The molecule has 0 unspecified atom stereocenters.